The molecule has 0 saturated carbocycles. The summed E-state index contributed by atoms with van der Waals surface area (Å²) in [5.74, 6) is -0.806. The van der Waals surface area contributed by atoms with Crippen LogP contribution >= 0.6 is 7.82 Å². The fourth-order valence-electron chi connectivity index (χ4n) is 6.21. The Bertz CT molecular complexity index is 921. The Labute approximate surface area is 326 Å². The molecule has 0 aliphatic rings. The molecule has 0 bridgehead atoms. The van der Waals surface area contributed by atoms with E-state index in [1.807, 2.05) is 0 Å². The summed E-state index contributed by atoms with van der Waals surface area (Å²) in [6.45, 7) is 5.47. The molecule has 2 unspecified atom stereocenters. The second-order valence-corrected chi connectivity index (χ2v) is 16.2. The van der Waals surface area contributed by atoms with Gasteiger partial charge in [-0.3, -0.25) is 18.6 Å². The Balaban J connectivity index is 4.08. The third kappa shape index (κ3) is 40.0. The van der Waals surface area contributed by atoms with Crippen molar-refractivity contribution in [3.63, 3.8) is 0 Å². The number of ether oxygens (including phenoxy) is 2. The van der Waals surface area contributed by atoms with Crippen molar-refractivity contribution < 1.29 is 37.6 Å². The lowest BCUT2D eigenvalue weighted by atomic mass is 10.1. The Morgan fingerprint density at radius 2 is 0.849 bits per heavy atom. The van der Waals surface area contributed by atoms with E-state index in [9.17, 15) is 19.0 Å². The van der Waals surface area contributed by atoms with Gasteiger partial charge in [0.05, 0.1) is 13.2 Å². The molecule has 53 heavy (non-hydrogen) atoms. The highest BCUT2D eigenvalue weighted by Gasteiger charge is 2.25. The zero-order valence-electron chi connectivity index (χ0n) is 34.7. The maximum Gasteiger partial charge on any atom is 0.472 e. The summed E-state index contributed by atoms with van der Waals surface area (Å²) in [5, 5.41) is 0. The van der Waals surface area contributed by atoms with Gasteiger partial charge in [0.25, 0.3) is 0 Å². The predicted molar refractivity (Wildman–Crippen MR) is 221 cm³/mol. The van der Waals surface area contributed by atoms with Crippen LogP contribution in [0.15, 0.2) is 24.3 Å². The molecule has 0 spiro atoms. The number of hydrogen-bond acceptors (Lipinski definition) is 7. The van der Waals surface area contributed by atoms with Crippen molar-refractivity contribution in [1.82, 2.24) is 0 Å². The topological polar surface area (TPSA) is 108 Å². The highest BCUT2D eigenvalue weighted by molar-refractivity contribution is 7.47. The average Bonchev–Trinajstić information content (AvgIpc) is 3.13. The zero-order chi connectivity index (χ0) is 38.9. The van der Waals surface area contributed by atoms with E-state index in [4.69, 9.17) is 18.5 Å². The van der Waals surface area contributed by atoms with Crippen LogP contribution in [0, 0.1) is 0 Å². The summed E-state index contributed by atoms with van der Waals surface area (Å²) in [4.78, 5) is 34.7. The molecule has 0 aromatic rings. The molecule has 1 N–H and O–H groups in total. The summed E-state index contributed by atoms with van der Waals surface area (Å²) in [5.41, 5.74) is 0. The molecular formula is C44H83O8P. The molecule has 9 heteroatoms. The fourth-order valence-corrected chi connectivity index (χ4v) is 6.96. The first-order chi connectivity index (χ1) is 25.8. The van der Waals surface area contributed by atoms with Gasteiger partial charge < -0.3 is 14.4 Å². The van der Waals surface area contributed by atoms with Crippen LogP contribution in [-0.2, 0) is 32.7 Å². The Morgan fingerprint density at radius 1 is 0.491 bits per heavy atom. The first-order valence-corrected chi connectivity index (χ1v) is 23.6. The molecule has 0 fully saturated rings. The molecule has 0 aliphatic heterocycles. The SMILES string of the molecule is CCCCCCCC/C=C\CCCCCCCCCC(=O)OC(COC(=O)CCCCCCC/C=C\CCCCCCCCC)COP(=O)(O)OCC. The average molecular weight is 771 g/mol. The van der Waals surface area contributed by atoms with E-state index in [-0.39, 0.29) is 32.0 Å². The summed E-state index contributed by atoms with van der Waals surface area (Å²) >= 11 is 0. The third-order valence-electron chi connectivity index (χ3n) is 9.48. The van der Waals surface area contributed by atoms with Gasteiger partial charge in [-0.05, 0) is 71.1 Å². The van der Waals surface area contributed by atoms with Gasteiger partial charge in [0.2, 0.25) is 0 Å². The summed E-state index contributed by atoms with van der Waals surface area (Å²) < 4.78 is 32.6. The standard InChI is InChI=1S/C44H83O8P/c1-4-7-9-11-13-15-17-19-21-23-25-27-29-31-33-35-37-39-44(46)52-42(41-51-53(47,48)50-6-3)40-49-43(45)38-36-34-32-30-28-26-24-22-20-18-16-14-12-10-8-5-2/h19,21-22,24,42H,4-18,20,23,25-41H2,1-3H3,(H,47,48)/b21-19-,24-22-. The molecular weight excluding hydrogens is 687 g/mol. The van der Waals surface area contributed by atoms with Crippen molar-refractivity contribution in [2.75, 3.05) is 19.8 Å². The van der Waals surface area contributed by atoms with Crippen molar-refractivity contribution in [1.29, 1.82) is 0 Å². The van der Waals surface area contributed by atoms with Gasteiger partial charge in [-0.25, -0.2) is 4.57 Å². The second-order valence-electron chi connectivity index (χ2n) is 14.7. The van der Waals surface area contributed by atoms with Gasteiger partial charge in [-0.15, -0.1) is 0 Å². The number of esters is 2. The van der Waals surface area contributed by atoms with E-state index in [2.05, 4.69) is 38.2 Å². The molecule has 0 saturated heterocycles. The molecule has 0 amide bonds. The molecule has 312 valence electrons. The minimum Gasteiger partial charge on any atom is -0.462 e. The fraction of sp³-hybridized carbons (Fsp3) is 0.864. The number of hydrogen-bond donors (Lipinski definition) is 1. The molecule has 8 nitrogen and oxygen atoms in total. The predicted octanol–water partition coefficient (Wildman–Crippen LogP) is 13.8. The highest BCUT2D eigenvalue weighted by atomic mass is 31.2. The first-order valence-electron chi connectivity index (χ1n) is 22.1. The second kappa shape index (κ2) is 40.2. The normalized spacial score (nSPS) is 13.5. The van der Waals surface area contributed by atoms with Crippen molar-refractivity contribution >= 4 is 19.8 Å². The number of allylic oxidation sites excluding steroid dienone is 4. The summed E-state index contributed by atoms with van der Waals surface area (Å²) in [7, 11) is -4.28. The molecule has 0 rings (SSSR count). The van der Waals surface area contributed by atoms with Gasteiger partial charge in [-0.1, -0.05) is 160 Å². The van der Waals surface area contributed by atoms with Crippen LogP contribution in [0.2, 0.25) is 0 Å². The lowest BCUT2D eigenvalue weighted by molar-refractivity contribution is -0.161. The molecule has 2 atom stereocenters. The number of phosphoric ester groups is 1. The van der Waals surface area contributed by atoms with E-state index in [1.165, 1.54) is 122 Å². The van der Waals surface area contributed by atoms with Gasteiger partial charge in [0.1, 0.15) is 6.61 Å². The van der Waals surface area contributed by atoms with Gasteiger partial charge in [-0.2, -0.15) is 0 Å². The van der Waals surface area contributed by atoms with Gasteiger partial charge in [0.15, 0.2) is 6.10 Å². The molecule has 0 heterocycles. The van der Waals surface area contributed by atoms with Crippen LogP contribution in [0.1, 0.15) is 220 Å². The van der Waals surface area contributed by atoms with E-state index in [0.29, 0.717) is 6.42 Å². The Morgan fingerprint density at radius 3 is 1.25 bits per heavy atom. The van der Waals surface area contributed by atoms with Crippen LogP contribution in [-0.4, -0.2) is 42.8 Å². The monoisotopic (exact) mass is 771 g/mol. The minimum absolute atomic E-state index is 0.000413. The molecule has 0 radical (unpaired) electrons. The molecule has 0 aromatic carbocycles. The number of carbonyl (C=O) groups excluding carboxylic acids is 2. The van der Waals surface area contributed by atoms with Gasteiger partial charge in [0, 0.05) is 12.8 Å². The number of carbonyl (C=O) groups is 2. The van der Waals surface area contributed by atoms with Crippen LogP contribution < -0.4 is 0 Å². The smallest absolute Gasteiger partial charge is 0.462 e. The van der Waals surface area contributed by atoms with E-state index in [1.54, 1.807) is 6.92 Å². The number of phosphoric acid groups is 1. The lowest BCUT2D eigenvalue weighted by Crippen LogP contribution is -2.29. The Kier molecular flexibility index (Phi) is 39.1. The summed E-state index contributed by atoms with van der Waals surface area (Å²) in [6, 6.07) is 0. The molecule has 0 aromatic heterocycles. The van der Waals surface area contributed by atoms with E-state index in [0.717, 1.165) is 57.8 Å². The largest absolute Gasteiger partial charge is 0.472 e. The maximum atomic E-state index is 12.6. The quantitative estimate of drug-likeness (QED) is 0.0283. The first kappa shape index (κ1) is 51.5. The van der Waals surface area contributed by atoms with E-state index < -0.39 is 26.5 Å². The van der Waals surface area contributed by atoms with Crippen LogP contribution in [0.5, 0.6) is 0 Å². The van der Waals surface area contributed by atoms with Crippen LogP contribution in [0.4, 0.5) is 0 Å². The minimum atomic E-state index is -4.28. The number of rotatable bonds is 41. The van der Waals surface area contributed by atoms with E-state index >= 15 is 0 Å². The lowest BCUT2D eigenvalue weighted by Gasteiger charge is -2.19. The maximum absolute atomic E-state index is 12.6. The molecule has 0 aliphatic carbocycles. The van der Waals surface area contributed by atoms with Gasteiger partial charge >= 0.3 is 19.8 Å². The third-order valence-corrected chi connectivity index (χ3v) is 10.5. The van der Waals surface area contributed by atoms with Crippen molar-refractivity contribution in [3.8, 4) is 0 Å². The Hall–Kier alpha value is -1.47. The van der Waals surface area contributed by atoms with Crippen LogP contribution in [0.25, 0.3) is 0 Å². The number of unbranched alkanes of at least 4 members (excludes halogenated alkanes) is 25. The summed E-state index contributed by atoms with van der Waals surface area (Å²) in [6.07, 6.45) is 43.7. The highest BCUT2D eigenvalue weighted by Crippen LogP contribution is 2.43. The zero-order valence-corrected chi connectivity index (χ0v) is 35.6. The van der Waals surface area contributed by atoms with Crippen molar-refractivity contribution in [3.05, 3.63) is 24.3 Å². The van der Waals surface area contributed by atoms with Crippen molar-refractivity contribution in [2.24, 2.45) is 0 Å². The van der Waals surface area contributed by atoms with Crippen molar-refractivity contribution in [2.45, 2.75) is 226 Å². The van der Waals surface area contributed by atoms with Crippen LogP contribution in [0.3, 0.4) is 0 Å².